The first-order chi connectivity index (χ1) is 31.9. The summed E-state index contributed by atoms with van der Waals surface area (Å²) in [5.74, 6) is -1.47. The zero-order chi connectivity index (χ0) is 48.4. The zero-order valence-electron chi connectivity index (χ0n) is 40.5. The number of hydrogen-bond donors (Lipinski definition) is 2. The number of amides is 5. The number of benzene rings is 1. The summed E-state index contributed by atoms with van der Waals surface area (Å²) in [6, 6.07) is 7.92. The van der Waals surface area contributed by atoms with Gasteiger partial charge in [0.05, 0.1) is 47.4 Å². The van der Waals surface area contributed by atoms with Crippen LogP contribution in [0.15, 0.2) is 54.6 Å². The average Bonchev–Trinajstić information content (AvgIpc) is 4.08. The molecular formula is C50H67N9O7S. The number of carbonyl (C=O) groups excluding carboxylic acids is 5. The minimum Gasteiger partial charge on any atom is -0.378 e. The normalized spacial score (nSPS) is 22.0. The maximum absolute atomic E-state index is 14.8. The lowest BCUT2D eigenvalue weighted by Gasteiger charge is -2.42. The highest BCUT2D eigenvalue weighted by Gasteiger charge is 2.42. The van der Waals surface area contributed by atoms with Crippen molar-refractivity contribution in [1.29, 1.82) is 0 Å². The van der Waals surface area contributed by atoms with Crippen molar-refractivity contribution >= 4 is 52.3 Å². The Morgan fingerprint density at radius 3 is 2.63 bits per heavy atom. The zero-order valence-corrected chi connectivity index (χ0v) is 41.3. The SMILES string of the molecule is C=CC(=O)N(C)[C@@H]1CCN(C(=O)N(C)[C@H](C(=O)N[C@H]2Cc3nc(cs3)-c3ccc4c(c3)c(c(-c3cccnc3[C@H](C)OC)n4CC)CC(C)(C)COC[C@@]3(C=O)CCCN(N3)C2=O)C(C)C)C1. The Bertz CT molecular complexity index is 2500. The van der Waals surface area contributed by atoms with Crippen LogP contribution in [0.5, 0.6) is 0 Å². The molecule has 0 saturated carbocycles. The predicted molar refractivity (Wildman–Crippen MR) is 259 cm³/mol. The number of aryl methyl sites for hydroxylation is 1. The fourth-order valence-electron chi connectivity index (χ4n) is 9.99. The van der Waals surface area contributed by atoms with Gasteiger partial charge in [0.1, 0.15) is 23.9 Å². The topological polar surface area (TPSA) is 172 Å². The van der Waals surface area contributed by atoms with Gasteiger partial charge in [0, 0.05) is 87.4 Å². The summed E-state index contributed by atoms with van der Waals surface area (Å²) in [5, 5.41) is 8.16. The molecule has 2 N–H and O–H groups in total. The summed E-state index contributed by atoms with van der Waals surface area (Å²) in [6.45, 7) is 17.9. The molecule has 17 heteroatoms. The van der Waals surface area contributed by atoms with E-state index in [4.69, 9.17) is 19.4 Å². The highest BCUT2D eigenvalue weighted by Crippen LogP contribution is 2.42. The molecule has 67 heavy (non-hydrogen) atoms. The number of carbonyl (C=O) groups is 5. The number of ether oxygens (including phenoxy) is 2. The van der Waals surface area contributed by atoms with Crippen molar-refractivity contribution in [3.63, 3.8) is 0 Å². The summed E-state index contributed by atoms with van der Waals surface area (Å²) in [5.41, 5.74) is 8.41. The molecule has 5 amide bonds. The van der Waals surface area contributed by atoms with Crippen LogP contribution in [-0.2, 0) is 48.0 Å². The Balaban J connectivity index is 1.26. The highest BCUT2D eigenvalue weighted by molar-refractivity contribution is 7.10. The quantitative estimate of drug-likeness (QED) is 0.134. The molecule has 6 bridgehead atoms. The number of thiazole rings is 1. The summed E-state index contributed by atoms with van der Waals surface area (Å²) < 4.78 is 14.7. The lowest BCUT2D eigenvalue weighted by molar-refractivity contribution is -0.147. The van der Waals surface area contributed by atoms with E-state index in [1.165, 1.54) is 27.3 Å². The first-order valence-electron chi connectivity index (χ1n) is 23.4. The van der Waals surface area contributed by atoms with Gasteiger partial charge in [-0.1, -0.05) is 40.3 Å². The van der Waals surface area contributed by atoms with Crippen molar-refractivity contribution in [2.45, 2.75) is 110 Å². The largest absolute Gasteiger partial charge is 0.378 e. The van der Waals surface area contributed by atoms with Crippen LogP contribution in [0.1, 0.15) is 83.2 Å². The van der Waals surface area contributed by atoms with E-state index in [-0.39, 0.29) is 43.0 Å². The molecule has 16 nitrogen and oxygen atoms in total. The van der Waals surface area contributed by atoms with Gasteiger partial charge >= 0.3 is 6.03 Å². The number of likely N-dealkylation sites (tertiary alicyclic amines) is 1. The first kappa shape index (κ1) is 49.4. The molecule has 0 unspecified atom stereocenters. The van der Waals surface area contributed by atoms with E-state index in [9.17, 15) is 24.0 Å². The van der Waals surface area contributed by atoms with E-state index >= 15 is 0 Å². The number of hydrogen-bond acceptors (Lipinski definition) is 11. The monoisotopic (exact) mass is 937 g/mol. The molecule has 2 saturated heterocycles. The van der Waals surface area contributed by atoms with Gasteiger partial charge in [0.25, 0.3) is 5.91 Å². The van der Waals surface area contributed by atoms with E-state index < -0.39 is 34.9 Å². The van der Waals surface area contributed by atoms with Gasteiger partial charge in [0.15, 0.2) is 0 Å². The van der Waals surface area contributed by atoms with Gasteiger partial charge in [-0.15, -0.1) is 11.3 Å². The molecular weight excluding hydrogens is 871 g/mol. The van der Waals surface area contributed by atoms with Gasteiger partial charge < -0.3 is 38.9 Å². The Morgan fingerprint density at radius 2 is 1.93 bits per heavy atom. The number of nitrogens with one attached hydrogen (secondary N) is 2. The lowest BCUT2D eigenvalue weighted by Crippen LogP contribution is -2.66. The third-order valence-electron chi connectivity index (χ3n) is 13.6. The van der Waals surface area contributed by atoms with E-state index in [0.29, 0.717) is 63.5 Å². The minimum atomic E-state index is -1.19. The van der Waals surface area contributed by atoms with Crippen molar-refractivity contribution < 1.29 is 33.4 Å². The Kier molecular flexibility index (Phi) is 15.0. The maximum Gasteiger partial charge on any atom is 0.320 e. The second-order valence-corrected chi connectivity index (χ2v) is 20.4. The van der Waals surface area contributed by atoms with Crippen LogP contribution in [0, 0.1) is 11.3 Å². The molecule has 360 valence electrons. The number of aromatic nitrogens is 3. The summed E-state index contributed by atoms with van der Waals surface area (Å²) in [7, 11) is 4.98. The van der Waals surface area contributed by atoms with E-state index in [1.807, 2.05) is 32.2 Å². The lowest BCUT2D eigenvalue weighted by atomic mass is 9.84. The molecule has 1 aromatic carbocycles. The van der Waals surface area contributed by atoms with Crippen LogP contribution in [0.4, 0.5) is 4.79 Å². The smallest absolute Gasteiger partial charge is 0.320 e. The van der Waals surface area contributed by atoms with Gasteiger partial charge in [-0.3, -0.25) is 24.4 Å². The molecule has 5 atom stereocenters. The summed E-state index contributed by atoms with van der Waals surface area (Å²) >= 11 is 1.41. The second-order valence-electron chi connectivity index (χ2n) is 19.4. The van der Waals surface area contributed by atoms with Crippen molar-refractivity contribution in [3.05, 3.63) is 70.8 Å². The van der Waals surface area contributed by atoms with Crippen molar-refractivity contribution in [3.8, 4) is 22.5 Å². The summed E-state index contributed by atoms with van der Waals surface area (Å²) in [4.78, 5) is 83.3. The number of rotatable bonds is 11. The Morgan fingerprint density at radius 1 is 1.15 bits per heavy atom. The molecule has 3 aliphatic rings. The first-order valence-corrected chi connectivity index (χ1v) is 24.3. The number of hydrazine groups is 1. The van der Waals surface area contributed by atoms with Gasteiger partial charge in [-0.25, -0.2) is 15.2 Å². The predicted octanol–water partition coefficient (Wildman–Crippen LogP) is 6.04. The fraction of sp³-hybridized carbons (Fsp3) is 0.540. The fourth-order valence-corrected chi connectivity index (χ4v) is 10.8. The standard InChI is InChI=1S/C50H67N9O7S/c1-11-42(61)55(8)34-18-22-57(26-34)48(64)56(9)44(31(3)4)46(62)53-38-24-41-52-39(27-67-41)33-16-17-40-36(23-33)37(45(58(40)12-2)35-15-13-20-51-43(35)32(5)65-10)25-49(6,7)29-66-30-50(28-60)19-14-21-59(54-50)47(38)63/h11,13,15-17,20,23,27-28,31-32,34,38,44,54H,1,12,14,18-19,21-22,24-26,29-30H2,2-10H3,(H,53,62)/t32-,34+,38-,44-,50-/m0/s1. The van der Waals surface area contributed by atoms with Crippen LogP contribution in [-0.4, -0.2) is 142 Å². The molecule has 3 aliphatic heterocycles. The molecule has 7 rings (SSSR count). The van der Waals surface area contributed by atoms with E-state index in [2.05, 4.69) is 66.9 Å². The third kappa shape index (κ3) is 10.2. The third-order valence-corrected chi connectivity index (χ3v) is 14.5. The number of fused-ring (bicyclic) bond motifs is 6. The molecule has 6 heterocycles. The van der Waals surface area contributed by atoms with Crippen LogP contribution >= 0.6 is 11.3 Å². The van der Waals surface area contributed by atoms with Gasteiger partial charge in [-0.05, 0) is 86.8 Å². The highest BCUT2D eigenvalue weighted by atomic mass is 32.1. The second kappa shape index (κ2) is 20.4. The molecule has 2 fully saturated rings. The molecule has 0 aliphatic carbocycles. The number of methoxy groups -OCH3 is 1. The van der Waals surface area contributed by atoms with Crippen molar-refractivity contribution in [2.75, 3.05) is 54.1 Å². The van der Waals surface area contributed by atoms with Gasteiger partial charge in [0.2, 0.25) is 11.8 Å². The minimum absolute atomic E-state index is 0.0274. The summed E-state index contributed by atoms with van der Waals surface area (Å²) in [6.07, 6.45) is 5.91. The van der Waals surface area contributed by atoms with Crippen LogP contribution in [0.2, 0.25) is 0 Å². The Hall–Kier alpha value is -5.49. The van der Waals surface area contributed by atoms with Crippen LogP contribution in [0.3, 0.4) is 0 Å². The average molecular weight is 938 g/mol. The maximum atomic E-state index is 14.8. The number of pyridine rings is 1. The van der Waals surface area contributed by atoms with Gasteiger partial charge in [-0.2, -0.15) is 0 Å². The number of nitrogens with zero attached hydrogens (tertiary/aromatic N) is 7. The van der Waals surface area contributed by atoms with Crippen molar-refractivity contribution in [1.82, 2.24) is 45.0 Å². The molecule has 0 radical (unpaired) electrons. The van der Waals surface area contributed by atoms with Crippen LogP contribution in [0.25, 0.3) is 33.4 Å². The number of aldehydes is 1. The van der Waals surface area contributed by atoms with Crippen molar-refractivity contribution in [2.24, 2.45) is 11.3 Å². The molecule has 0 spiro atoms. The molecule has 4 aromatic rings. The number of likely N-dealkylation sites (N-methyl/N-ethyl adjacent to an activating group) is 2. The number of urea groups is 1. The molecule has 3 aromatic heterocycles. The Labute approximate surface area is 398 Å². The van der Waals surface area contributed by atoms with E-state index in [1.54, 1.807) is 37.2 Å². The van der Waals surface area contributed by atoms with Crippen LogP contribution < -0.4 is 10.7 Å². The van der Waals surface area contributed by atoms with E-state index in [0.717, 1.165) is 51.0 Å².